The minimum atomic E-state index is -0.0535. The van der Waals surface area contributed by atoms with Gasteiger partial charge in [-0.2, -0.15) is 0 Å². The van der Waals surface area contributed by atoms with Crippen LogP contribution in [-0.2, 0) is 6.61 Å². The zero-order valence-electron chi connectivity index (χ0n) is 10.6. The molecule has 1 atom stereocenters. The van der Waals surface area contributed by atoms with E-state index in [0.29, 0.717) is 17.8 Å². The summed E-state index contributed by atoms with van der Waals surface area (Å²) >= 11 is 0. The molecule has 1 unspecified atom stereocenters. The first-order chi connectivity index (χ1) is 7.54. The van der Waals surface area contributed by atoms with Crippen LogP contribution in [0.2, 0.25) is 0 Å². The number of aromatic nitrogens is 3. The quantitative estimate of drug-likeness (QED) is 0.783. The highest BCUT2D eigenvalue weighted by atomic mass is 16.3. The van der Waals surface area contributed by atoms with Gasteiger partial charge in [-0.15, -0.1) is 10.2 Å². The Balaban J connectivity index is 2.82. The molecule has 0 bridgehead atoms. The highest BCUT2D eigenvalue weighted by Gasteiger charge is 2.17. The Morgan fingerprint density at radius 1 is 1.44 bits per heavy atom. The fourth-order valence-corrected chi connectivity index (χ4v) is 1.93. The minimum absolute atomic E-state index is 0.0535. The Kier molecular flexibility index (Phi) is 4.89. The number of hydrogen-bond donors (Lipinski definition) is 1. The smallest absolute Gasteiger partial charge is 0.158 e. The summed E-state index contributed by atoms with van der Waals surface area (Å²) in [4.78, 5) is 2.15. The van der Waals surface area contributed by atoms with Gasteiger partial charge in [-0.1, -0.05) is 13.8 Å². The SMILES string of the molecule is CC(C)CC(CN(C)C)n1cnnc1CO. The average molecular weight is 226 g/mol. The van der Waals surface area contributed by atoms with Gasteiger partial charge in [0.05, 0.1) is 0 Å². The predicted octanol–water partition coefficient (Wildman–Crippen LogP) is 0.919. The van der Waals surface area contributed by atoms with Gasteiger partial charge in [-0.25, -0.2) is 0 Å². The molecule has 1 aromatic heterocycles. The van der Waals surface area contributed by atoms with Gasteiger partial charge >= 0.3 is 0 Å². The molecule has 0 amide bonds. The fraction of sp³-hybridized carbons (Fsp3) is 0.818. The van der Waals surface area contributed by atoms with Crippen LogP contribution < -0.4 is 0 Å². The van der Waals surface area contributed by atoms with Crippen LogP contribution >= 0.6 is 0 Å². The highest BCUT2D eigenvalue weighted by molar-refractivity contribution is 4.88. The molecule has 0 aliphatic carbocycles. The molecule has 1 N–H and O–H groups in total. The van der Waals surface area contributed by atoms with Crippen molar-refractivity contribution in [3.05, 3.63) is 12.2 Å². The first kappa shape index (κ1) is 13.1. The van der Waals surface area contributed by atoms with E-state index < -0.39 is 0 Å². The lowest BCUT2D eigenvalue weighted by atomic mass is 10.0. The maximum atomic E-state index is 9.19. The van der Waals surface area contributed by atoms with Crippen molar-refractivity contribution in [3.8, 4) is 0 Å². The second-order valence-corrected chi connectivity index (χ2v) is 4.86. The van der Waals surface area contributed by atoms with Crippen molar-refractivity contribution in [1.29, 1.82) is 0 Å². The van der Waals surface area contributed by atoms with Crippen LogP contribution in [0, 0.1) is 5.92 Å². The molecule has 5 heteroatoms. The van der Waals surface area contributed by atoms with Crippen LogP contribution in [0.1, 0.15) is 32.1 Å². The molecule has 1 aromatic rings. The third kappa shape index (κ3) is 3.57. The Morgan fingerprint density at radius 2 is 2.12 bits per heavy atom. The fourth-order valence-electron chi connectivity index (χ4n) is 1.93. The normalized spacial score (nSPS) is 13.7. The van der Waals surface area contributed by atoms with Crippen LogP contribution in [0.25, 0.3) is 0 Å². The van der Waals surface area contributed by atoms with Gasteiger partial charge in [-0.3, -0.25) is 0 Å². The number of nitrogens with zero attached hydrogens (tertiary/aromatic N) is 4. The van der Waals surface area contributed by atoms with Crippen LogP contribution in [0.4, 0.5) is 0 Å². The molecule has 0 radical (unpaired) electrons. The lowest BCUT2D eigenvalue weighted by molar-refractivity contribution is 0.240. The molecule has 92 valence electrons. The van der Waals surface area contributed by atoms with E-state index in [9.17, 15) is 5.11 Å². The van der Waals surface area contributed by atoms with Crippen molar-refractivity contribution in [1.82, 2.24) is 19.7 Å². The van der Waals surface area contributed by atoms with Crippen molar-refractivity contribution in [2.45, 2.75) is 32.9 Å². The van der Waals surface area contributed by atoms with Crippen molar-refractivity contribution >= 4 is 0 Å². The highest BCUT2D eigenvalue weighted by Crippen LogP contribution is 2.19. The number of aliphatic hydroxyl groups is 1. The molecular weight excluding hydrogens is 204 g/mol. The van der Waals surface area contributed by atoms with Gasteiger partial charge in [0.15, 0.2) is 5.82 Å². The summed E-state index contributed by atoms with van der Waals surface area (Å²) in [7, 11) is 4.10. The number of aliphatic hydroxyl groups excluding tert-OH is 1. The van der Waals surface area contributed by atoms with Gasteiger partial charge in [0.1, 0.15) is 12.9 Å². The first-order valence-corrected chi connectivity index (χ1v) is 5.68. The summed E-state index contributed by atoms with van der Waals surface area (Å²) < 4.78 is 1.99. The lowest BCUT2D eigenvalue weighted by Gasteiger charge is -2.24. The maximum absolute atomic E-state index is 9.19. The predicted molar refractivity (Wildman–Crippen MR) is 63.0 cm³/mol. The molecule has 1 rings (SSSR count). The molecule has 5 nitrogen and oxygen atoms in total. The van der Waals surface area contributed by atoms with Gasteiger partial charge < -0.3 is 14.6 Å². The summed E-state index contributed by atoms with van der Waals surface area (Å²) in [6, 6.07) is 0.326. The van der Waals surface area contributed by atoms with Gasteiger partial charge in [0.2, 0.25) is 0 Å². The standard InChI is InChI=1S/C11H22N4O/c1-9(2)5-10(6-14(3)4)15-8-12-13-11(15)7-16/h8-10,16H,5-7H2,1-4H3. The average Bonchev–Trinajstić information content (AvgIpc) is 2.62. The zero-order chi connectivity index (χ0) is 12.1. The largest absolute Gasteiger partial charge is 0.388 e. The Morgan fingerprint density at radius 3 is 2.62 bits per heavy atom. The van der Waals surface area contributed by atoms with Gasteiger partial charge in [0, 0.05) is 12.6 Å². The van der Waals surface area contributed by atoms with E-state index in [0.717, 1.165) is 13.0 Å². The number of likely N-dealkylation sites (N-methyl/N-ethyl adjacent to an activating group) is 1. The molecule has 1 heterocycles. The molecule has 0 aromatic carbocycles. The van der Waals surface area contributed by atoms with Crippen LogP contribution in [0.15, 0.2) is 6.33 Å². The second kappa shape index (κ2) is 5.96. The summed E-state index contributed by atoms with van der Waals surface area (Å²) in [6.07, 6.45) is 2.77. The summed E-state index contributed by atoms with van der Waals surface area (Å²) in [5.41, 5.74) is 0. The Bertz CT molecular complexity index is 299. The van der Waals surface area contributed by atoms with E-state index >= 15 is 0 Å². The van der Waals surface area contributed by atoms with Crippen molar-refractivity contribution in [3.63, 3.8) is 0 Å². The summed E-state index contributed by atoms with van der Waals surface area (Å²) in [5, 5.41) is 17.0. The first-order valence-electron chi connectivity index (χ1n) is 5.68. The molecular formula is C11H22N4O. The van der Waals surface area contributed by atoms with E-state index in [1.807, 2.05) is 4.57 Å². The van der Waals surface area contributed by atoms with E-state index in [2.05, 4.69) is 43.0 Å². The third-order valence-electron chi connectivity index (χ3n) is 2.50. The third-order valence-corrected chi connectivity index (χ3v) is 2.50. The summed E-state index contributed by atoms with van der Waals surface area (Å²) in [5.74, 6) is 1.26. The van der Waals surface area contributed by atoms with E-state index in [-0.39, 0.29) is 6.61 Å². The lowest BCUT2D eigenvalue weighted by Crippen LogP contribution is -2.26. The second-order valence-electron chi connectivity index (χ2n) is 4.86. The molecule has 0 saturated heterocycles. The number of hydrogen-bond acceptors (Lipinski definition) is 4. The topological polar surface area (TPSA) is 54.2 Å². The van der Waals surface area contributed by atoms with E-state index in [4.69, 9.17) is 0 Å². The molecule has 0 spiro atoms. The van der Waals surface area contributed by atoms with Crippen molar-refractivity contribution < 1.29 is 5.11 Å². The molecule has 16 heavy (non-hydrogen) atoms. The molecule has 0 aliphatic rings. The Labute approximate surface area is 97.1 Å². The molecule has 0 fully saturated rings. The maximum Gasteiger partial charge on any atom is 0.158 e. The summed E-state index contributed by atoms with van der Waals surface area (Å²) in [6.45, 7) is 5.28. The van der Waals surface area contributed by atoms with Crippen molar-refractivity contribution in [2.75, 3.05) is 20.6 Å². The van der Waals surface area contributed by atoms with Crippen molar-refractivity contribution in [2.24, 2.45) is 5.92 Å². The minimum Gasteiger partial charge on any atom is -0.388 e. The van der Waals surface area contributed by atoms with Crippen LogP contribution in [0.5, 0.6) is 0 Å². The van der Waals surface area contributed by atoms with Gasteiger partial charge in [0.25, 0.3) is 0 Å². The van der Waals surface area contributed by atoms with Crippen LogP contribution in [0.3, 0.4) is 0 Å². The van der Waals surface area contributed by atoms with Gasteiger partial charge in [-0.05, 0) is 26.4 Å². The molecule has 0 saturated carbocycles. The Hall–Kier alpha value is -0.940. The number of rotatable bonds is 6. The molecule has 0 aliphatic heterocycles. The zero-order valence-corrected chi connectivity index (χ0v) is 10.6. The van der Waals surface area contributed by atoms with Crippen LogP contribution in [-0.4, -0.2) is 45.4 Å². The monoisotopic (exact) mass is 226 g/mol. The van der Waals surface area contributed by atoms with E-state index in [1.54, 1.807) is 6.33 Å². The van der Waals surface area contributed by atoms with E-state index in [1.165, 1.54) is 0 Å².